The Morgan fingerprint density at radius 3 is 2.41 bits per heavy atom. The van der Waals surface area contributed by atoms with Crippen LogP contribution in [-0.2, 0) is 15.0 Å². The fourth-order valence-corrected chi connectivity index (χ4v) is 3.66. The van der Waals surface area contributed by atoms with Crippen LogP contribution < -0.4 is 0 Å². The number of nitrogens with one attached hydrogen (secondary N) is 1. The number of fused-ring (bicyclic) bond motifs is 1. The second-order valence-electron chi connectivity index (χ2n) is 8.89. The lowest BCUT2D eigenvalue weighted by Crippen LogP contribution is -2.45. The fourth-order valence-electron chi connectivity index (χ4n) is 3.66. The van der Waals surface area contributed by atoms with Crippen LogP contribution in [0.15, 0.2) is 24.3 Å². The summed E-state index contributed by atoms with van der Waals surface area (Å²) in [7, 11) is 1.61. The highest BCUT2D eigenvalue weighted by atomic mass is 16.4. The molecule has 1 aliphatic rings. The highest BCUT2D eigenvalue weighted by Gasteiger charge is 2.28. The van der Waals surface area contributed by atoms with Gasteiger partial charge in [0.05, 0.1) is 12.5 Å². The molecule has 0 spiro atoms. The molecule has 7 nitrogen and oxygen atoms in total. The Morgan fingerprint density at radius 1 is 1.17 bits per heavy atom. The van der Waals surface area contributed by atoms with E-state index in [-0.39, 0.29) is 29.7 Å². The van der Waals surface area contributed by atoms with Gasteiger partial charge in [-0.1, -0.05) is 32.9 Å². The van der Waals surface area contributed by atoms with Gasteiger partial charge in [-0.15, -0.1) is 0 Å². The summed E-state index contributed by atoms with van der Waals surface area (Å²) in [5.41, 5.74) is 2.54. The molecule has 7 heteroatoms. The Balaban J connectivity index is 1.65. The molecule has 29 heavy (non-hydrogen) atoms. The smallest absolute Gasteiger partial charge is 0.306 e. The van der Waals surface area contributed by atoms with Crippen LogP contribution in [0.3, 0.4) is 0 Å². The van der Waals surface area contributed by atoms with Gasteiger partial charge >= 0.3 is 5.97 Å². The van der Waals surface area contributed by atoms with Crippen molar-refractivity contribution in [1.29, 1.82) is 0 Å². The SMILES string of the molecule is CN(CC(=O)N1CCC(C(=O)O)CC1)C(=O)c1cc2ccc(C(C)(C)C)cc2[nH]1. The predicted octanol–water partition coefficient (Wildman–Crippen LogP) is 2.86. The lowest BCUT2D eigenvalue weighted by Gasteiger charge is -2.31. The number of carboxylic acid groups (broad SMARTS) is 1. The van der Waals surface area contributed by atoms with Crippen molar-refractivity contribution in [2.45, 2.75) is 39.0 Å². The van der Waals surface area contributed by atoms with Gasteiger partial charge in [-0.2, -0.15) is 0 Å². The number of aromatic amines is 1. The van der Waals surface area contributed by atoms with E-state index in [0.717, 1.165) is 10.9 Å². The van der Waals surface area contributed by atoms with Crippen molar-refractivity contribution in [2.75, 3.05) is 26.7 Å². The van der Waals surface area contributed by atoms with Crippen LogP contribution >= 0.6 is 0 Å². The zero-order chi connectivity index (χ0) is 21.3. The molecule has 0 unspecified atom stereocenters. The van der Waals surface area contributed by atoms with Crippen LogP contribution in [0.25, 0.3) is 10.9 Å². The Labute approximate surface area is 170 Å². The van der Waals surface area contributed by atoms with Gasteiger partial charge in [0, 0.05) is 31.0 Å². The lowest BCUT2D eigenvalue weighted by molar-refractivity contribution is -0.145. The van der Waals surface area contributed by atoms with E-state index in [1.54, 1.807) is 11.9 Å². The zero-order valence-corrected chi connectivity index (χ0v) is 17.5. The number of amides is 2. The van der Waals surface area contributed by atoms with E-state index >= 15 is 0 Å². The number of carbonyl (C=O) groups is 3. The van der Waals surface area contributed by atoms with Gasteiger partial charge in [-0.05, 0) is 36.0 Å². The number of likely N-dealkylation sites (N-methyl/N-ethyl adjacent to an activating group) is 1. The summed E-state index contributed by atoms with van der Waals surface area (Å²) in [4.78, 5) is 42.6. The molecule has 2 aromatic rings. The first-order valence-corrected chi connectivity index (χ1v) is 9.95. The second kappa shape index (κ2) is 7.89. The van der Waals surface area contributed by atoms with Crippen molar-refractivity contribution >= 4 is 28.7 Å². The van der Waals surface area contributed by atoms with Gasteiger partial charge in [-0.3, -0.25) is 14.4 Å². The fraction of sp³-hybridized carbons (Fsp3) is 0.500. The number of likely N-dealkylation sites (tertiary alicyclic amines) is 1. The number of aliphatic carboxylic acids is 1. The molecule has 0 saturated carbocycles. The minimum absolute atomic E-state index is 0.0147. The third kappa shape index (κ3) is 4.60. The number of nitrogens with zero attached hydrogens (tertiary/aromatic N) is 2. The Kier molecular flexibility index (Phi) is 5.68. The average Bonchev–Trinajstić information content (AvgIpc) is 3.09. The second-order valence-corrected chi connectivity index (χ2v) is 8.89. The third-order valence-corrected chi connectivity index (χ3v) is 5.63. The van der Waals surface area contributed by atoms with E-state index in [1.807, 2.05) is 12.1 Å². The van der Waals surface area contributed by atoms with Gasteiger partial charge in [0.1, 0.15) is 5.69 Å². The van der Waals surface area contributed by atoms with Crippen molar-refractivity contribution < 1.29 is 19.5 Å². The van der Waals surface area contributed by atoms with Crippen LogP contribution in [0.1, 0.15) is 49.7 Å². The molecule has 0 bridgehead atoms. The summed E-state index contributed by atoms with van der Waals surface area (Å²) >= 11 is 0. The maximum atomic E-state index is 12.8. The van der Waals surface area contributed by atoms with Crippen molar-refractivity contribution in [3.8, 4) is 0 Å². The van der Waals surface area contributed by atoms with E-state index in [2.05, 4.69) is 37.9 Å². The number of H-pyrrole nitrogens is 1. The minimum atomic E-state index is -0.808. The standard InChI is InChI=1S/C22H29N3O4/c1-22(2,3)16-6-5-15-11-18(23-17(15)12-16)20(27)24(4)13-19(26)25-9-7-14(8-10-25)21(28)29/h5-6,11-12,14,23H,7-10,13H2,1-4H3,(H,28,29). The molecule has 1 aromatic carbocycles. The molecule has 1 aliphatic heterocycles. The molecule has 1 saturated heterocycles. The number of carbonyl (C=O) groups excluding carboxylic acids is 2. The lowest BCUT2D eigenvalue weighted by atomic mass is 9.87. The van der Waals surface area contributed by atoms with Gasteiger partial charge in [-0.25, -0.2) is 0 Å². The van der Waals surface area contributed by atoms with Crippen molar-refractivity contribution in [3.63, 3.8) is 0 Å². The topological polar surface area (TPSA) is 93.7 Å². The maximum Gasteiger partial charge on any atom is 0.306 e. The molecule has 3 rings (SSSR count). The van der Waals surface area contributed by atoms with E-state index in [9.17, 15) is 14.4 Å². The van der Waals surface area contributed by atoms with E-state index in [4.69, 9.17) is 5.11 Å². The summed E-state index contributed by atoms with van der Waals surface area (Å²) in [6, 6.07) is 7.94. The number of benzene rings is 1. The molecule has 1 fully saturated rings. The van der Waals surface area contributed by atoms with Crippen LogP contribution in [-0.4, -0.2) is 64.4 Å². The number of hydrogen-bond donors (Lipinski definition) is 2. The average molecular weight is 399 g/mol. The Hall–Kier alpha value is -2.83. The molecule has 0 aliphatic carbocycles. The summed E-state index contributed by atoms with van der Waals surface area (Å²) in [6.07, 6.45) is 0.910. The predicted molar refractivity (Wildman–Crippen MR) is 111 cm³/mol. The summed E-state index contributed by atoms with van der Waals surface area (Å²) in [5, 5.41) is 10.0. The number of carboxylic acids is 1. The number of hydrogen-bond acceptors (Lipinski definition) is 3. The minimum Gasteiger partial charge on any atom is -0.481 e. The Bertz CT molecular complexity index is 933. The summed E-state index contributed by atoms with van der Waals surface area (Å²) in [5.74, 6) is -1.59. The molecular formula is C22H29N3O4. The number of rotatable bonds is 4. The third-order valence-electron chi connectivity index (χ3n) is 5.63. The van der Waals surface area contributed by atoms with E-state index in [0.29, 0.717) is 31.6 Å². The normalized spacial score (nSPS) is 15.5. The maximum absolute atomic E-state index is 12.8. The van der Waals surface area contributed by atoms with Gasteiger partial charge < -0.3 is 19.9 Å². The van der Waals surface area contributed by atoms with Crippen molar-refractivity contribution in [1.82, 2.24) is 14.8 Å². The molecule has 2 amide bonds. The van der Waals surface area contributed by atoms with Crippen LogP contribution in [0, 0.1) is 5.92 Å². The monoisotopic (exact) mass is 399 g/mol. The van der Waals surface area contributed by atoms with Gasteiger partial charge in [0.25, 0.3) is 5.91 Å². The largest absolute Gasteiger partial charge is 0.481 e. The first kappa shape index (κ1) is 20.9. The molecular weight excluding hydrogens is 370 g/mol. The molecule has 2 N–H and O–H groups in total. The zero-order valence-electron chi connectivity index (χ0n) is 17.5. The van der Waals surface area contributed by atoms with E-state index in [1.165, 1.54) is 10.5 Å². The molecule has 0 atom stereocenters. The first-order valence-electron chi connectivity index (χ1n) is 9.95. The molecule has 0 radical (unpaired) electrons. The molecule has 1 aromatic heterocycles. The highest BCUT2D eigenvalue weighted by molar-refractivity contribution is 5.99. The highest BCUT2D eigenvalue weighted by Crippen LogP contribution is 2.26. The van der Waals surface area contributed by atoms with Crippen LogP contribution in [0.5, 0.6) is 0 Å². The van der Waals surface area contributed by atoms with E-state index < -0.39 is 5.97 Å². The van der Waals surface area contributed by atoms with Crippen LogP contribution in [0.2, 0.25) is 0 Å². The first-order chi connectivity index (χ1) is 13.6. The van der Waals surface area contributed by atoms with Crippen molar-refractivity contribution in [3.05, 3.63) is 35.5 Å². The van der Waals surface area contributed by atoms with Gasteiger partial charge in [0.15, 0.2) is 0 Å². The van der Waals surface area contributed by atoms with Crippen molar-refractivity contribution in [2.24, 2.45) is 5.92 Å². The number of piperidine rings is 1. The van der Waals surface area contributed by atoms with Gasteiger partial charge in [0.2, 0.25) is 5.91 Å². The number of aromatic nitrogens is 1. The quantitative estimate of drug-likeness (QED) is 0.827. The van der Waals surface area contributed by atoms with Crippen LogP contribution in [0.4, 0.5) is 0 Å². The molecule has 156 valence electrons. The Morgan fingerprint density at radius 2 is 1.83 bits per heavy atom. The summed E-state index contributed by atoms with van der Waals surface area (Å²) < 4.78 is 0. The molecule has 2 heterocycles. The summed E-state index contributed by atoms with van der Waals surface area (Å²) in [6.45, 7) is 7.23.